The maximum absolute atomic E-state index is 12.3. The summed E-state index contributed by atoms with van der Waals surface area (Å²) in [5.74, 6) is 0. The monoisotopic (exact) mass is 167 g/mol. The van der Waals surface area contributed by atoms with Gasteiger partial charge in [-0.05, 0) is 25.8 Å². The van der Waals surface area contributed by atoms with Gasteiger partial charge in [0.2, 0.25) is 0 Å². The van der Waals surface area contributed by atoms with Crippen LogP contribution in [0.2, 0.25) is 0 Å². The van der Waals surface area contributed by atoms with Crippen LogP contribution in [-0.4, -0.2) is 18.3 Å². The van der Waals surface area contributed by atoms with Gasteiger partial charge in [0.1, 0.15) is 5.54 Å². The molecule has 0 radical (unpaired) electrons. The zero-order chi connectivity index (χ0) is 8.54. The zero-order valence-corrected chi connectivity index (χ0v) is 6.46. The van der Waals surface area contributed by atoms with E-state index < -0.39 is 11.7 Å². The van der Waals surface area contributed by atoms with Crippen molar-refractivity contribution in [3.8, 4) is 0 Å². The molecule has 4 heteroatoms. The Labute approximate surface area is 64.0 Å². The SMILES string of the molecule is CCNC1(C(F)(F)F)CCC1. The van der Waals surface area contributed by atoms with Crippen molar-refractivity contribution in [2.75, 3.05) is 6.54 Å². The quantitative estimate of drug-likeness (QED) is 0.664. The summed E-state index contributed by atoms with van der Waals surface area (Å²) in [5, 5.41) is 2.51. The average molecular weight is 167 g/mol. The minimum Gasteiger partial charge on any atom is -0.304 e. The highest BCUT2D eigenvalue weighted by Gasteiger charge is 2.57. The first kappa shape index (κ1) is 8.84. The summed E-state index contributed by atoms with van der Waals surface area (Å²) in [7, 11) is 0. The van der Waals surface area contributed by atoms with E-state index in [0.717, 1.165) is 0 Å². The van der Waals surface area contributed by atoms with Gasteiger partial charge in [0.25, 0.3) is 0 Å². The van der Waals surface area contributed by atoms with E-state index in [0.29, 0.717) is 13.0 Å². The summed E-state index contributed by atoms with van der Waals surface area (Å²) in [5.41, 5.74) is -1.54. The second-order valence-electron chi connectivity index (χ2n) is 2.96. The molecule has 0 unspecified atom stereocenters. The first-order valence-electron chi connectivity index (χ1n) is 3.83. The molecule has 0 bridgehead atoms. The molecule has 66 valence electrons. The minimum absolute atomic E-state index is 0.240. The van der Waals surface area contributed by atoms with Crippen LogP contribution in [0.3, 0.4) is 0 Å². The molecule has 1 rings (SSSR count). The van der Waals surface area contributed by atoms with Crippen molar-refractivity contribution >= 4 is 0 Å². The molecule has 0 spiro atoms. The summed E-state index contributed by atoms with van der Waals surface area (Å²) < 4.78 is 36.8. The molecule has 1 fully saturated rings. The van der Waals surface area contributed by atoms with Crippen molar-refractivity contribution in [1.82, 2.24) is 5.32 Å². The van der Waals surface area contributed by atoms with Gasteiger partial charge in [-0.1, -0.05) is 6.92 Å². The highest BCUT2D eigenvalue weighted by Crippen LogP contribution is 2.44. The molecule has 0 amide bonds. The first-order valence-corrected chi connectivity index (χ1v) is 3.83. The van der Waals surface area contributed by atoms with Crippen LogP contribution in [0.15, 0.2) is 0 Å². The summed E-state index contributed by atoms with van der Waals surface area (Å²) >= 11 is 0. The van der Waals surface area contributed by atoms with E-state index in [1.165, 1.54) is 0 Å². The number of halogens is 3. The van der Waals surface area contributed by atoms with E-state index in [9.17, 15) is 13.2 Å². The van der Waals surface area contributed by atoms with Crippen LogP contribution in [0.25, 0.3) is 0 Å². The Balaban J connectivity index is 2.60. The number of alkyl halides is 3. The van der Waals surface area contributed by atoms with Crippen molar-refractivity contribution < 1.29 is 13.2 Å². The maximum Gasteiger partial charge on any atom is 0.406 e. The molecule has 0 heterocycles. The Morgan fingerprint density at radius 3 is 2.00 bits per heavy atom. The van der Waals surface area contributed by atoms with Gasteiger partial charge in [0.15, 0.2) is 0 Å². The van der Waals surface area contributed by atoms with Gasteiger partial charge in [-0.25, -0.2) is 0 Å². The molecule has 0 aliphatic heterocycles. The molecule has 1 aliphatic carbocycles. The van der Waals surface area contributed by atoms with E-state index in [-0.39, 0.29) is 12.8 Å². The van der Waals surface area contributed by atoms with Gasteiger partial charge in [0, 0.05) is 0 Å². The van der Waals surface area contributed by atoms with Crippen molar-refractivity contribution in [2.45, 2.75) is 37.9 Å². The van der Waals surface area contributed by atoms with Gasteiger partial charge in [0.05, 0.1) is 0 Å². The normalized spacial score (nSPS) is 22.9. The predicted molar refractivity (Wildman–Crippen MR) is 36.3 cm³/mol. The third kappa shape index (κ3) is 1.36. The van der Waals surface area contributed by atoms with E-state index >= 15 is 0 Å². The molecule has 1 N–H and O–H groups in total. The highest BCUT2D eigenvalue weighted by molar-refractivity contribution is 5.01. The van der Waals surface area contributed by atoms with Crippen molar-refractivity contribution in [2.24, 2.45) is 0 Å². The molecule has 1 nitrogen and oxygen atoms in total. The zero-order valence-electron chi connectivity index (χ0n) is 6.46. The number of hydrogen-bond acceptors (Lipinski definition) is 1. The van der Waals surface area contributed by atoms with E-state index in [1.54, 1.807) is 6.92 Å². The third-order valence-corrected chi connectivity index (χ3v) is 2.26. The molecular formula is C7H12F3N. The van der Waals surface area contributed by atoms with Gasteiger partial charge >= 0.3 is 6.18 Å². The Morgan fingerprint density at radius 2 is 1.91 bits per heavy atom. The standard InChI is InChI=1S/C7H12F3N/c1-2-11-6(4-3-5-6)7(8,9)10/h11H,2-5H2,1H3. The molecule has 0 aromatic rings. The smallest absolute Gasteiger partial charge is 0.304 e. The van der Waals surface area contributed by atoms with Gasteiger partial charge in [-0.15, -0.1) is 0 Å². The Kier molecular flexibility index (Phi) is 2.14. The van der Waals surface area contributed by atoms with E-state index in [4.69, 9.17) is 0 Å². The predicted octanol–water partition coefficient (Wildman–Crippen LogP) is 2.08. The lowest BCUT2D eigenvalue weighted by Crippen LogP contribution is -2.61. The molecule has 0 saturated heterocycles. The third-order valence-electron chi connectivity index (χ3n) is 2.26. The molecule has 0 atom stereocenters. The Hall–Kier alpha value is -0.250. The molecule has 1 aliphatic rings. The van der Waals surface area contributed by atoms with Gasteiger partial charge < -0.3 is 5.32 Å². The number of nitrogens with one attached hydrogen (secondary N) is 1. The van der Waals surface area contributed by atoms with Crippen LogP contribution >= 0.6 is 0 Å². The van der Waals surface area contributed by atoms with Crippen LogP contribution in [0.1, 0.15) is 26.2 Å². The van der Waals surface area contributed by atoms with Crippen molar-refractivity contribution in [1.29, 1.82) is 0 Å². The Bertz CT molecular complexity index is 137. The lowest BCUT2D eigenvalue weighted by atomic mass is 9.76. The molecule has 11 heavy (non-hydrogen) atoms. The van der Waals surface area contributed by atoms with E-state index in [2.05, 4.69) is 5.32 Å². The van der Waals surface area contributed by atoms with E-state index in [1.807, 2.05) is 0 Å². The lowest BCUT2D eigenvalue weighted by Gasteiger charge is -2.43. The fraction of sp³-hybridized carbons (Fsp3) is 1.00. The van der Waals surface area contributed by atoms with Crippen LogP contribution in [0, 0.1) is 0 Å². The molecule has 1 saturated carbocycles. The fourth-order valence-corrected chi connectivity index (χ4v) is 1.43. The second kappa shape index (κ2) is 2.66. The molecular weight excluding hydrogens is 155 g/mol. The summed E-state index contributed by atoms with van der Waals surface area (Å²) in [6, 6.07) is 0. The van der Waals surface area contributed by atoms with Crippen molar-refractivity contribution in [3.63, 3.8) is 0 Å². The summed E-state index contributed by atoms with van der Waals surface area (Å²) in [6.07, 6.45) is -2.90. The largest absolute Gasteiger partial charge is 0.406 e. The Morgan fingerprint density at radius 1 is 1.36 bits per heavy atom. The second-order valence-corrected chi connectivity index (χ2v) is 2.96. The van der Waals surface area contributed by atoms with Crippen LogP contribution in [0.5, 0.6) is 0 Å². The summed E-state index contributed by atoms with van der Waals surface area (Å²) in [6.45, 7) is 2.09. The number of hydrogen-bond donors (Lipinski definition) is 1. The highest BCUT2D eigenvalue weighted by atomic mass is 19.4. The topological polar surface area (TPSA) is 12.0 Å². The fourth-order valence-electron chi connectivity index (χ4n) is 1.43. The summed E-state index contributed by atoms with van der Waals surface area (Å²) in [4.78, 5) is 0. The van der Waals surface area contributed by atoms with Crippen molar-refractivity contribution in [3.05, 3.63) is 0 Å². The van der Waals surface area contributed by atoms with Gasteiger partial charge in [-0.2, -0.15) is 13.2 Å². The van der Waals surface area contributed by atoms with Crippen LogP contribution < -0.4 is 5.32 Å². The molecule has 0 aromatic carbocycles. The van der Waals surface area contributed by atoms with Crippen LogP contribution in [0.4, 0.5) is 13.2 Å². The van der Waals surface area contributed by atoms with Crippen LogP contribution in [-0.2, 0) is 0 Å². The lowest BCUT2D eigenvalue weighted by molar-refractivity contribution is -0.218. The van der Waals surface area contributed by atoms with Gasteiger partial charge in [-0.3, -0.25) is 0 Å². The minimum atomic E-state index is -4.07. The maximum atomic E-state index is 12.3. The number of rotatable bonds is 2. The average Bonchev–Trinajstić information content (AvgIpc) is 1.75. The molecule has 0 aromatic heterocycles. The first-order chi connectivity index (χ1) is 5.02.